The summed E-state index contributed by atoms with van der Waals surface area (Å²) in [6, 6.07) is 15.0. The van der Waals surface area contributed by atoms with Crippen LogP contribution < -0.4 is 25.7 Å². The van der Waals surface area contributed by atoms with Crippen LogP contribution >= 0.6 is 11.6 Å². The van der Waals surface area contributed by atoms with Crippen molar-refractivity contribution >= 4 is 28.7 Å². The molecule has 2 aromatic carbocycles. The molecule has 1 aliphatic rings. The van der Waals surface area contributed by atoms with Gasteiger partial charge in [-0.2, -0.15) is 9.97 Å². The third-order valence-corrected chi connectivity index (χ3v) is 6.65. The van der Waals surface area contributed by atoms with E-state index in [2.05, 4.69) is 9.88 Å². The Balaban J connectivity index is 1.61. The Morgan fingerprint density at radius 1 is 1.14 bits per heavy atom. The van der Waals surface area contributed by atoms with Crippen LogP contribution in [0.5, 0.6) is 17.5 Å². The number of hydrogen-bond acceptors (Lipinski definition) is 7. The van der Waals surface area contributed by atoms with Gasteiger partial charge in [-0.25, -0.2) is 0 Å². The molecule has 2 aromatic heterocycles. The Morgan fingerprint density at radius 3 is 2.72 bits per heavy atom. The molecule has 0 bridgehead atoms. The lowest BCUT2D eigenvalue weighted by molar-refractivity contribution is 0.337. The normalized spacial score (nSPS) is 15.9. The maximum atomic E-state index is 13.6. The number of nitrogens with zero attached hydrogens (tertiary/aromatic N) is 5. The second-order valence-electron chi connectivity index (χ2n) is 8.88. The number of aromatic nitrogens is 4. The number of anilines is 1. The van der Waals surface area contributed by atoms with Crippen LogP contribution in [0.1, 0.15) is 25.3 Å². The molecule has 0 spiro atoms. The molecule has 4 aromatic rings. The number of fused-ring (bicyclic) bond motifs is 1. The fraction of sp³-hybridized carbons (Fsp3) is 0.346. The molecule has 1 saturated heterocycles. The largest absolute Gasteiger partial charge is 0.494 e. The average Bonchev–Trinajstić information content (AvgIpc) is 3.22. The van der Waals surface area contributed by atoms with Crippen molar-refractivity contribution in [2.24, 2.45) is 12.8 Å². The quantitative estimate of drug-likeness (QED) is 0.403. The number of rotatable bonds is 7. The van der Waals surface area contributed by atoms with Crippen molar-refractivity contribution in [1.82, 2.24) is 19.1 Å². The van der Waals surface area contributed by atoms with Crippen LogP contribution in [0.4, 0.5) is 5.95 Å². The number of halogens is 1. The second kappa shape index (κ2) is 10.2. The van der Waals surface area contributed by atoms with E-state index in [9.17, 15) is 4.79 Å². The molecule has 3 heterocycles. The molecule has 5 rings (SSSR count). The first-order chi connectivity index (χ1) is 17.4. The summed E-state index contributed by atoms with van der Waals surface area (Å²) in [6.45, 7) is 4.29. The average molecular weight is 509 g/mol. The van der Waals surface area contributed by atoms with E-state index in [0.29, 0.717) is 53.3 Å². The summed E-state index contributed by atoms with van der Waals surface area (Å²) in [5, 5.41) is 0.625. The standard InChI is InChI=1S/C26H29ClN6O3/c1-3-35-19-10-6-11-20(14-19)36-26-30-23-22(24(34)31(26)2)33(15-17-8-4-5-12-21(17)27)25(29-23)32-13-7-9-18(28)16-32/h4-6,8,10-12,14,18H,3,7,9,13,15-16,28H2,1-2H3/t18-/m1/s1. The van der Waals surface area contributed by atoms with Crippen molar-refractivity contribution in [3.8, 4) is 17.5 Å². The van der Waals surface area contributed by atoms with Crippen LogP contribution in [0.2, 0.25) is 5.02 Å². The third kappa shape index (κ3) is 4.76. The number of benzene rings is 2. The van der Waals surface area contributed by atoms with Crippen molar-refractivity contribution in [3.63, 3.8) is 0 Å². The van der Waals surface area contributed by atoms with E-state index in [4.69, 9.17) is 31.8 Å². The molecule has 0 radical (unpaired) electrons. The van der Waals surface area contributed by atoms with Gasteiger partial charge < -0.3 is 20.1 Å². The van der Waals surface area contributed by atoms with E-state index in [-0.39, 0.29) is 17.6 Å². The fourth-order valence-corrected chi connectivity index (χ4v) is 4.70. The summed E-state index contributed by atoms with van der Waals surface area (Å²) >= 11 is 6.48. The lowest BCUT2D eigenvalue weighted by atomic mass is 10.1. The Morgan fingerprint density at radius 2 is 1.94 bits per heavy atom. The second-order valence-corrected chi connectivity index (χ2v) is 9.29. The molecule has 188 valence electrons. The molecule has 2 N–H and O–H groups in total. The number of piperidine rings is 1. The van der Waals surface area contributed by atoms with Crippen LogP contribution in [0.3, 0.4) is 0 Å². The van der Waals surface area contributed by atoms with Crippen LogP contribution in [0.25, 0.3) is 11.2 Å². The Hall–Kier alpha value is -3.56. The molecular formula is C26H29ClN6O3. The smallest absolute Gasteiger partial charge is 0.306 e. The summed E-state index contributed by atoms with van der Waals surface area (Å²) in [6.07, 6.45) is 1.91. The predicted molar refractivity (Wildman–Crippen MR) is 140 cm³/mol. The van der Waals surface area contributed by atoms with Crippen molar-refractivity contribution in [2.75, 3.05) is 24.6 Å². The Kier molecular flexibility index (Phi) is 6.84. The highest BCUT2D eigenvalue weighted by Crippen LogP contribution is 2.28. The lowest BCUT2D eigenvalue weighted by Gasteiger charge is -2.31. The number of ether oxygens (including phenoxy) is 2. The van der Waals surface area contributed by atoms with Gasteiger partial charge in [0.2, 0.25) is 5.95 Å². The van der Waals surface area contributed by atoms with Crippen LogP contribution in [-0.2, 0) is 13.6 Å². The molecule has 0 saturated carbocycles. The van der Waals surface area contributed by atoms with Gasteiger partial charge >= 0.3 is 6.01 Å². The molecule has 9 nitrogen and oxygen atoms in total. The van der Waals surface area contributed by atoms with E-state index in [0.717, 1.165) is 24.9 Å². The molecule has 1 aliphatic heterocycles. The number of hydrogen-bond donors (Lipinski definition) is 1. The minimum Gasteiger partial charge on any atom is -0.494 e. The van der Waals surface area contributed by atoms with Crippen molar-refractivity contribution in [1.29, 1.82) is 0 Å². The summed E-state index contributed by atoms with van der Waals surface area (Å²) in [5.74, 6) is 1.84. The van der Waals surface area contributed by atoms with E-state index < -0.39 is 0 Å². The molecule has 1 fully saturated rings. The molecule has 10 heteroatoms. The first kappa shape index (κ1) is 24.1. The maximum Gasteiger partial charge on any atom is 0.306 e. The van der Waals surface area contributed by atoms with Gasteiger partial charge in [0.15, 0.2) is 11.2 Å². The highest BCUT2D eigenvalue weighted by molar-refractivity contribution is 6.31. The highest BCUT2D eigenvalue weighted by Gasteiger charge is 2.26. The first-order valence-electron chi connectivity index (χ1n) is 12.1. The molecule has 0 amide bonds. The summed E-state index contributed by atoms with van der Waals surface area (Å²) < 4.78 is 14.8. The first-order valence-corrected chi connectivity index (χ1v) is 12.4. The third-order valence-electron chi connectivity index (χ3n) is 6.28. The predicted octanol–water partition coefficient (Wildman–Crippen LogP) is 3.95. The zero-order chi connectivity index (χ0) is 25.2. The minimum atomic E-state index is -0.261. The lowest BCUT2D eigenvalue weighted by Crippen LogP contribution is -2.44. The Bertz CT molecular complexity index is 1450. The van der Waals surface area contributed by atoms with Gasteiger partial charge in [0.25, 0.3) is 5.56 Å². The van der Waals surface area contributed by atoms with Gasteiger partial charge in [0, 0.05) is 37.3 Å². The minimum absolute atomic E-state index is 0.0413. The SMILES string of the molecule is CCOc1cccc(Oc2nc3nc(N4CCC[C@@H](N)C4)n(Cc4ccccc4Cl)c3c(=O)n2C)c1. The van der Waals surface area contributed by atoms with Crippen LogP contribution in [0, 0.1) is 0 Å². The fourth-order valence-electron chi connectivity index (χ4n) is 4.50. The van der Waals surface area contributed by atoms with Gasteiger partial charge in [-0.1, -0.05) is 35.9 Å². The molecule has 0 unspecified atom stereocenters. The van der Waals surface area contributed by atoms with E-state index in [1.807, 2.05) is 47.9 Å². The molecule has 36 heavy (non-hydrogen) atoms. The molecule has 1 atom stereocenters. The molecular weight excluding hydrogens is 480 g/mol. The van der Waals surface area contributed by atoms with Crippen molar-refractivity contribution in [2.45, 2.75) is 32.4 Å². The van der Waals surface area contributed by atoms with Crippen LogP contribution in [0.15, 0.2) is 53.3 Å². The van der Waals surface area contributed by atoms with Crippen LogP contribution in [-0.4, -0.2) is 44.8 Å². The van der Waals surface area contributed by atoms with Crippen molar-refractivity contribution < 1.29 is 9.47 Å². The van der Waals surface area contributed by atoms with Crippen molar-refractivity contribution in [3.05, 3.63) is 69.5 Å². The number of imidazole rings is 1. The van der Waals surface area contributed by atoms with Gasteiger partial charge in [0.05, 0.1) is 13.2 Å². The summed E-state index contributed by atoms with van der Waals surface area (Å²) in [7, 11) is 1.64. The zero-order valence-corrected chi connectivity index (χ0v) is 21.1. The maximum absolute atomic E-state index is 13.6. The highest BCUT2D eigenvalue weighted by atomic mass is 35.5. The van der Waals surface area contributed by atoms with E-state index in [1.165, 1.54) is 4.57 Å². The van der Waals surface area contributed by atoms with Gasteiger partial charge in [0.1, 0.15) is 11.5 Å². The summed E-state index contributed by atoms with van der Waals surface area (Å²) in [5.41, 5.74) is 7.60. The topological polar surface area (TPSA) is 100 Å². The van der Waals surface area contributed by atoms with Gasteiger partial charge in [-0.05, 0) is 43.5 Å². The van der Waals surface area contributed by atoms with Gasteiger partial charge in [-0.15, -0.1) is 0 Å². The van der Waals surface area contributed by atoms with Gasteiger partial charge in [-0.3, -0.25) is 13.9 Å². The number of nitrogens with two attached hydrogens (primary N) is 1. The molecule has 0 aliphatic carbocycles. The van der Waals surface area contributed by atoms with E-state index >= 15 is 0 Å². The zero-order valence-electron chi connectivity index (χ0n) is 20.4. The monoisotopic (exact) mass is 508 g/mol. The summed E-state index contributed by atoms with van der Waals surface area (Å²) in [4.78, 5) is 25.2. The van der Waals surface area contributed by atoms with E-state index in [1.54, 1.807) is 19.2 Å². The Labute approximate surface area is 214 Å².